The summed E-state index contributed by atoms with van der Waals surface area (Å²) in [4.78, 5) is 21.5. The number of nitrogens with two attached hydrogens (primary N) is 1. The predicted molar refractivity (Wildman–Crippen MR) is 61.9 cm³/mol. The lowest BCUT2D eigenvalue weighted by Gasteiger charge is -2.14. The van der Waals surface area contributed by atoms with Gasteiger partial charge in [0, 0.05) is 12.6 Å². The number of hydrogen-bond donors (Lipinski definition) is 3. The van der Waals surface area contributed by atoms with Crippen LogP contribution in [0.4, 0.5) is 0 Å². The normalized spacial score (nSPS) is 13.5. The van der Waals surface area contributed by atoms with Gasteiger partial charge in [-0.05, 0) is 18.4 Å². The third kappa shape index (κ3) is 6.19. The van der Waals surface area contributed by atoms with E-state index >= 15 is 0 Å². The van der Waals surface area contributed by atoms with Crippen LogP contribution < -0.4 is 11.1 Å². The van der Waals surface area contributed by atoms with Gasteiger partial charge in [-0.3, -0.25) is 4.79 Å². The van der Waals surface area contributed by atoms with Gasteiger partial charge in [-0.2, -0.15) is 0 Å². The maximum Gasteiger partial charge on any atom is 0.328 e. The smallest absolute Gasteiger partial charge is 0.328 e. The van der Waals surface area contributed by atoms with Gasteiger partial charge in [0.05, 0.1) is 6.04 Å². The summed E-state index contributed by atoms with van der Waals surface area (Å²) in [5.41, 5.74) is 5.94. The molecule has 5 heteroatoms. The van der Waals surface area contributed by atoms with Gasteiger partial charge < -0.3 is 16.2 Å². The molecule has 92 valence electrons. The molecule has 0 aliphatic heterocycles. The lowest BCUT2D eigenvalue weighted by Crippen LogP contribution is -2.41. The van der Waals surface area contributed by atoms with Crippen LogP contribution in [-0.4, -0.2) is 29.6 Å². The molecular formula is C11H20N2O3. The molecule has 1 atom stereocenters. The van der Waals surface area contributed by atoms with Crippen molar-refractivity contribution in [2.24, 2.45) is 5.73 Å². The summed E-state index contributed by atoms with van der Waals surface area (Å²) < 4.78 is 0. The quantitative estimate of drug-likeness (QED) is 0.532. The van der Waals surface area contributed by atoms with E-state index in [1.54, 1.807) is 0 Å². The van der Waals surface area contributed by atoms with E-state index in [4.69, 9.17) is 10.8 Å². The second-order valence-corrected chi connectivity index (χ2v) is 3.63. The number of carboxylic acid groups (broad SMARTS) is 1. The highest BCUT2D eigenvalue weighted by Gasteiger charge is 2.12. The summed E-state index contributed by atoms with van der Waals surface area (Å²) in [7, 11) is 0. The highest BCUT2D eigenvalue weighted by Crippen LogP contribution is 2.04. The topological polar surface area (TPSA) is 92.4 Å². The van der Waals surface area contributed by atoms with Crippen molar-refractivity contribution in [3.63, 3.8) is 0 Å². The fraction of sp³-hybridized carbons (Fsp3) is 0.636. The van der Waals surface area contributed by atoms with Crippen molar-refractivity contribution in [3.8, 4) is 0 Å². The minimum absolute atomic E-state index is 0.390. The summed E-state index contributed by atoms with van der Waals surface area (Å²) in [6.45, 7) is 4.21. The second kappa shape index (κ2) is 7.87. The number of hydrogen-bond acceptors (Lipinski definition) is 3. The van der Waals surface area contributed by atoms with Gasteiger partial charge in [0.2, 0.25) is 5.91 Å². The van der Waals surface area contributed by atoms with E-state index < -0.39 is 17.9 Å². The highest BCUT2D eigenvalue weighted by molar-refractivity contribution is 5.81. The molecule has 0 unspecified atom stereocenters. The highest BCUT2D eigenvalue weighted by atomic mass is 16.4. The molecule has 1 amide bonds. The van der Waals surface area contributed by atoms with Crippen LogP contribution >= 0.6 is 0 Å². The van der Waals surface area contributed by atoms with Crippen molar-refractivity contribution < 1.29 is 14.7 Å². The van der Waals surface area contributed by atoms with Crippen molar-refractivity contribution >= 4 is 11.9 Å². The fourth-order valence-corrected chi connectivity index (χ4v) is 1.41. The molecule has 4 N–H and O–H groups in total. The van der Waals surface area contributed by atoms with Crippen molar-refractivity contribution in [1.82, 2.24) is 5.32 Å². The Labute approximate surface area is 95.7 Å². The molecule has 0 aromatic carbocycles. The van der Waals surface area contributed by atoms with Crippen LogP contribution in [0.5, 0.6) is 0 Å². The molecule has 0 saturated carbocycles. The first-order valence-electron chi connectivity index (χ1n) is 5.46. The Kier molecular flexibility index (Phi) is 7.20. The van der Waals surface area contributed by atoms with Gasteiger partial charge >= 0.3 is 5.97 Å². The number of carbonyl (C=O) groups is 2. The van der Waals surface area contributed by atoms with Gasteiger partial charge in [-0.15, -0.1) is 0 Å². The first-order chi connectivity index (χ1) is 7.51. The van der Waals surface area contributed by atoms with Gasteiger partial charge in [0.25, 0.3) is 0 Å². The van der Waals surface area contributed by atoms with Crippen LogP contribution in [-0.2, 0) is 9.59 Å². The summed E-state index contributed by atoms with van der Waals surface area (Å²) >= 11 is 0. The maximum atomic E-state index is 10.9. The first-order valence-corrected chi connectivity index (χ1v) is 5.46. The van der Waals surface area contributed by atoms with Crippen LogP contribution in [0.2, 0.25) is 0 Å². The molecule has 16 heavy (non-hydrogen) atoms. The van der Waals surface area contributed by atoms with Crippen LogP contribution in [0, 0.1) is 0 Å². The Morgan fingerprint density at radius 2 is 2.06 bits per heavy atom. The second-order valence-electron chi connectivity index (χ2n) is 3.63. The van der Waals surface area contributed by atoms with Gasteiger partial charge in [0.1, 0.15) is 0 Å². The molecule has 0 rings (SSSR count). The summed E-state index contributed by atoms with van der Waals surface area (Å²) in [6, 6.07) is -0.394. The van der Waals surface area contributed by atoms with E-state index in [0.717, 1.165) is 12.0 Å². The molecule has 0 aromatic heterocycles. The number of aliphatic carboxylic acids is 1. The van der Waals surface area contributed by atoms with Crippen LogP contribution in [0.1, 0.15) is 33.1 Å². The van der Waals surface area contributed by atoms with E-state index in [0.29, 0.717) is 19.4 Å². The van der Waals surface area contributed by atoms with Crippen molar-refractivity contribution in [1.29, 1.82) is 0 Å². The molecule has 0 saturated heterocycles. The standard InChI is InChI=1S/C11H20N2O3/c1-3-5-8(6-10(14)15)7-13-9(4-2)11(12)16/h6,9,13H,3-5,7H2,1-2H3,(H2,12,16)(H,14,15)/b8-6+/t9-/m0/s1. The Hall–Kier alpha value is -1.36. The molecule has 0 heterocycles. The number of amides is 1. The molecule has 5 nitrogen and oxygen atoms in total. The SMILES string of the molecule is CCC/C(=C\C(=O)O)CN[C@@H](CC)C(N)=O. The van der Waals surface area contributed by atoms with Gasteiger partial charge in [-0.25, -0.2) is 4.79 Å². The maximum absolute atomic E-state index is 10.9. The number of carbonyl (C=O) groups excluding carboxylic acids is 1. The molecule has 0 bridgehead atoms. The third-order valence-corrected chi connectivity index (χ3v) is 2.23. The van der Waals surface area contributed by atoms with Crippen molar-refractivity contribution in [3.05, 3.63) is 11.6 Å². The van der Waals surface area contributed by atoms with E-state index in [9.17, 15) is 9.59 Å². The first kappa shape index (κ1) is 14.6. The zero-order valence-electron chi connectivity index (χ0n) is 9.82. The van der Waals surface area contributed by atoms with E-state index in [1.807, 2.05) is 13.8 Å². The summed E-state index contributed by atoms with van der Waals surface area (Å²) in [5, 5.41) is 11.6. The largest absolute Gasteiger partial charge is 0.478 e. The van der Waals surface area contributed by atoms with E-state index in [1.165, 1.54) is 6.08 Å². The fourth-order valence-electron chi connectivity index (χ4n) is 1.41. The Morgan fingerprint density at radius 1 is 1.44 bits per heavy atom. The number of carboxylic acids is 1. The third-order valence-electron chi connectivity index (χ3n) is 2.23. The van der Waals surface area contributed by atoms with Crippen molar-refractivity contribution in [2.45, 2.75) is 39.2 Å². The lowest BCUT2D eigenvalue weighted by molar-refractivity contribution is -0.131. The Bertz CT molecular complexity index is 274. The molecule has 0 spiro atoms. The van der Waals surface area contributed by atoms with Crippen LogP contribution in [0.3, 0.4) is 0 Å². The number of primary amides is 1. The number of rotatable bonds is 8. The van der Waals surface area contributed by atoms with Gasteiger partial charge in [-0.1, -0.05) is 20.3 Å². The molecule has 0 radical (unpaired) electrons. The van der Waals surface area contributed by atoms with E-state index in [-0.39, 0.29) is 0 Å². The van der Waals surface area contributed by atoms with Gasteiger partial charge in [0.15, 0.2) is 0 Å². The molecule has 0 aromatic rings. The zero-order valence-corrected chi connectivity index (χ0v) is 9.82. The summed E-state index contributed by atoms with van der Waals surface area (Å²) in [6.07, 6.45) is 3.36. The molecular weight excluding hydrogens is 208 g/mol. The zero-order chi connectivity index (χ0) is 12.6. The minimum atomic E-state index is -0.961. The van der Waals surface area contributed by atoms with Crippen molar-refractivity contribution in [2.75, 3.05) is 6.54 Å². The lowest BCUT2D eigenvalue weighted by atomic mass is 10.1. The van der Waals surface area contributed by atoms with Crippen LogP contribution in [0.25, 0.3) is 0 Å². The average Bonchev–Trinajstić information content (AvgIpc) is 2.17. The van der Waals surface area contributed by atoms with E-state index in [2.05, 4.69) is 5.32 Å². The molecule has 0 aliphatic carbocycles. The average molecular weight is 228 g/mol. The minimum Gasteiger partial charge on any atom is -0.478 e. The molecule has 0 fully saturated rings. The Balaban J connectivity index is 4.30. The Morgan fingerprint density at radius 3 is 2.44 bits per heavy atom. The number of nitrogens with one attached hydrogen (secondary N) is 1. The van der Waals surface area contributed by atoms with Crippen LogP contribution in [0.15, 0.2) is 11.6 Å². The summed E-state index contributed by atoms with van der Waals surface area (Å²) in [5.74, 6) is -1.37. The monoisotopic (exact) mass is 228 g/mol. The molecule has 0 aliphatic rings. The predicted octanol–water partition coefficient (Wildman–Crippen LogP) is 0.651.